The van der Waals surface area contributed by atoms with E-state index in [-0.39, 0.29) is 24.2 Å². The second kappa shape index (κ2) is 11.9. The predicted molar refractivity (Wildman–Crippen MR) is 150 cm³/mol. The van der Waals surface area contributed by atoms with E-state index in [4.69, 9.17) is 4.98 Å². The maximum atomic E-state index is 13.9. The number of Topliss-reactive ketones (excluding diaryl/α,β-unsaturated/α-hetero) is 1. The maximum Gasteiger partial charge on any atom is 0.141 e. The summed E-state index contributed by atoms with van der Waals surface area (Å²) in [7, 11) is 0. The molecule has 0 bridgehead atoms. The molecule has 0 aliphatic heterocycles. The van der Waals surface area contributed by atoms with Crippen LogP contribution >= 0.6 is 0 Å². The number of hydrogen-bond donors (Lipinski definition) is 1. The number of para-hydroxylation sites is 2. The van der Waals surface area contributed by atoms with Crippen LogP contribution in [0, 0.1) is 12.8 Å². The highest BCUT2D eigenvalue weighted by Gasteiger charge is 2.31. The van der Waals surface area contributed by atoms with E-state index in [0.29, 0.717) is 12.3 Å². The summed E-state index contributed by atoms with van der Waals surface area (Å²) in [4.78, 5) is 18.6. The van der Waals surface area contributed by atoms with Crippen LogP contribution in [0.4, 0.5) is 0 Å². The number of aliphatic hydroxyl groups excluding tert-OH is 1. The Bertz CT molecular complexity index is 1300. The number of nitrogens with zero attached hydrogens (tertiary/aromatic N) is 2. The van der Waals surface area contributed by atoms with Gasteiger partial charge in [-0.25, -0.2) is 4.98 Å². The van der Waals surface area contributed by atoms with Crippen LogP contribution in [-0.4, -0.2) is 27.0 Å². The number of rotatable bonds is 9. The van der Waals surface area contributed by atoms with Gasteiger partial charge in [-0.15, -0.1) is 0 Å². The van der Waals surface area contributed by atoms with Crippen molar-refractivity contribution in [2.24, 2.45) is 5.92 Å². The van der Waals surface area contributed by atoms with Crippen molar-refractivity contribution >= 4 is 16.8 Å². The first-order valence-electron chi connectivity index (χ1n) is 13.8. The molecule has 4 aromatic rings. The zero-order valence-electron chi connectivity index (χ0n) is 21.9. The van der Waals surface area contributed by atoms with Gasteiger partial charge in [0.05, 0.1) is 17.6 Å². The average molecular weight is 495 g/mol. The molecular weight excluding hydrogens is 456 g/mol. The first-order chi connectivity index (χ1) is 18.1. The Morgan fingerprint density at radius 2 is 1.57 bits per heavy atom. The molecule has 0 radical (unpaired) electrons. The molecule has 1 aliphatic carbocycles. The van der Waals surface area contributed by atoms with Crippen LogP contribution in [-0.2, 0) is 11.3 Å². The van der Waals surface area contributed by atoms with Gasteiger partial charge in [0.15, 0.2) is 0 Å². The van der Waals surface area contributed by atoms with E-state index >= 15 is 0 Å². The molecule has 2 atom stereocenters. The molecule has 1 fully saturated rings. The fourth-order valence-electron chi connectivity index (χ4n) is 6.16. The summed E-state index contributed by atoms with van der Waals surface area (Å²) < 4.78 is 2.25. The van der Waals surface area contributed by atoms with Gasteiger partial charge in [-0.2, -0.15) is 0 Å². The minimum Gasteiger partial charge on any atom is -0.396 e. The van der Waals surface area contributed by atoms with Gasteiger partial charge < -0.3 is 9.67 Å². The minimum absolute atomic E-state index is 0.00963. The van der Waals surface area contributed by atoms with Crippen molar-refractivity contribution in [3.8, 4) is 0 Å². The third-order valence-corrected chi connectivity index (χ3v) is 8.18. The van der Waals surface area contributed by atoms with Crippen molar-refractivity contribution < 1.29 is 9.90 Å². The molecule has 1 heterocycles. The van der Waals surface area contributed by atoms with Gasteiger partial charge in [0.2, 0.25) is 0 Å². The molecule has 37 heavy (non-hydrogen) atoms. The van der Waals surface area contributed by atoms with E-state index in [1.165, 1.54) is 31.2 Å². The molecule has 1 aromatic heterocycles. The van der Waals surface area contributed by atoms with Crippen LogP contribution in [0.2, 0.25) is 0 Å². The Morgan fingerprint density at radius 3 is 2.27 bits per heavy atom. The Labute approximate surface area is 220 Å². The topological polar surface area (TPSA) is 55.1 Å². The number of aromatic nitrogens is 2. The highest BCUT2D eigenvalue weighted by Crippen LogP contribution is 2.38. The predicted octanol–water partition coefficient (Wildman–Crippen LogP) is 7.18. The lowest BCUT2D eigenvalue weighted by Crippen LogP contribution is -2.24. The van der Waals surface area contributed by atoms with Gasteiger partial charge >= 0.3 is 0 Å². The van der Waals surface area contributed by atoms with E-state index in [2.05, 4.69) is 54.0 Å². The molecule has 1 N–H and O–H groups in total. The molecular formula is C33H38N2O2. The summed E-state index contributed by atoms with van der Waals surface area (Å²) in [5.74, 6) is 1.38. The standard InChI is InChI=1S/C33H38N2O2/c1-24-34-30-15-9-10-16-31(30)35(24)22-25-17-19-28(20-18-25)33(27-13-5-2-3-6-14-27)32(37)21-29(23-36)26-11-7-4-8-12-26/h4,7-12,15-20,27,29,33,36H,2-3,5-6,13-14,21-23H2,1H3/t29-,33?/m0/s1. The van der Waals surface area contributed by atoms with Crippen molar-refractivity contribution in [2.75, 3.05) is 6.61 Å². The van der Waals surface area contributed by atoms with Crippen LogP contribution in [0.25, 0.3) is 11.0 Å². The lowest BCUT2D eigenvalue weighted by atomic mass is 9.76. The second-order valence-corrected chi connectivity index (χ2v) is 10.7. The number of benzene rings is 3. The SMILES string of the molecule is Cc1nc2ccccc2n1Cc1ccc(C(C(=O)C[C@@H](CO)c2ccccc2)C2CCCCCC2)cc1. The van der Waals surface area contributed by atoms with E-state index in [1.54, 1.807) is 0 Å². The molecule has 0 spiro atoms. The number of aliphatic hydroxyl groups is 1. The highest BCUT2D eigenvalue weighted by molar-refractivity contribution is 5.87. The Balaban J connectivity index is 1.40. The van der Waals surface area contributed by atoms with Gasteiger partial charge in [0.25, 0.3) is 0 Å². The van der Waals surface area contributed by atoms with Crippen LogP contribution in [0.5, 0.6) is 0 Å². The van der Waals surface area contributed by atoms with Crippen molar-refractivity contribution in [1.29, 1.82) is 0 Å². The number of fused-ring (bicyclic) bond motifs is 1. The van der Waals surface area contributed by atoms with Gasteiger partial charge in [0, 0.05) is 24.8 Å². The summed E-state index contributed by atoms with van der Waals surface area (Å²) >= 11 is 0. The first-order valence-corrected chi connectivity index (χ1v) is 13.8. The van der Waals surface area contributed by atoms with E-state index in [0.717, 1.165) is 47.4 Å². The van der Waals surface area contributed by atoms with Crippen molar-refractivity contribution in [3.63, 3.8) is 0 Å². The fourth-order valence-corrected chi connectivity index (χ4v) is 6.16. The molecule has 3 aromatic carbocycles. The maximum absolute atomic E-state index is 13.9. The molecule has 1 saturated carbocycles. The lowest BCUT2D eigenvalue weighted by Gasteiger charge is -2.27. The number of imidazole rings is 1. The number of hydrogen-bond acceptors (Lipinski definition) is 3. The smallest absolute Gasteiger partial charge is 0.141 e. The molecule has 5 rings (SSSR count). The van der Waals surface area contributed by atoms with Crippen molar-refractivity contribution in [1.82, 2.24) is 9.55 Å². The average Bonchev–Trinajstić information content (AvgIpc) is 3.07. The molecule has 4 nitrogen and oxygen atoms in total. The zero-order valence-corrected chi connectivity index (χ0v) is 21.9. The number of carbonyl (C=O) groups excluding carboxylic acids is 1. The van der Waals surface area contributed by atoms with Gasteiger partial charge in [-0.3, -0.25) is 4.79 Å². The second-order valence-electron chi connectivity index (χ2n) is 10.7. The number of carbonyl (C=O) groups is 1. The Hall–Kier alpha value is -3.24. The zero-order chi connectivity index (χ0) is 25.6. The third kappa shape index (κ3) is 5.86. The summed E-state index contributed by atoms with van der Waals surface area (Å²) in [6, 6.07) is 26.9. The normalized spacial score (nSPS) is 16.4. The summed E-state index contributed by atoms with van der Waals surface area (Å²) in [5, 5.41) is 10.1. The van der Waals surface area contributed by atoms with Crippen LogP contribution in [0.15, 0.2) is 78.9 Å². The van der Waals surface area contributed by atoms with Crippen LogP contribution in [0.3, 0.4) is 0 Å². The minimum atomic E-state index is -0.154. The summed E-state index contributed by atoms with van der Waals surface area (Å²) in [6.45, 7) is 2.80. The molecule has 1 aliphatic rings. The van der Waals surface area contributed by atoms with Gasteiger partial charge in [-0.05, 0) is 54.5 Å². The number of ketones is 1. The van der Waals surface area contributed by atoms with Crippen LogP contribution < -0.4 is 0 Å². The van der Waals surface area contributed by atoms with E-state index in [1.807, 2.05) is 36.4 Å². The van der Waals surface area contributed by atoms with Gasteiger partial charge in [0.1, 0.15) is 11.6 Å². The summed E-state index contributed by atoms with van der Waals surface area (Å²) in [6.07, 6.45) is 7.50. The molecule has 0 amide bonds. The van der Waals surface area contributed by atoms with Crippen molar-refractivity contribution in [3.05, 3.63) is 101 Å². The monoisotopic (exact) mass is 494 g/mol. The molecule has 1 unspecified atom stereocenters. The quantitative estimate of drug-likeness (QED) is 0.251. The Kier molecular flexibility index (Phi) is 8.15. The number of aryl methyl sites for hydroxylation is 1. The fraction of sp³-hybridized carbons (Fsp3) is 0.394. The summed E-state index contributed by atoms with van der Waals surface area (Å²) in [5.41, 5.74) is 5.53. The molecule has 0 saturated heterocycles. The first kappa shape index (κ1) is 25.4. The van der Waals surface area contributed by atoms with Crippen LogP contribution in [0.1, 0.15) is 79.3 Å². The largest absolute Gasteiger partial charge is 0.396 e. The Morgan fingerprint density at radius 1 is 0.892 bits per heavy atom. The lowest BCUT2D eigenvalue weighted by molar-refractivity contribution is -0.122. The van der Waals surface area contributed by atoms with Crippen molar-refractivity contribution in [2.45, 2.75) is 70.3 Å². The van der Waals surface area contributed by atoms with Gasteiger partial charge in [-0.1, -0.05) is 92.4 Å². The molecule has 192 valence electrons. The van der Waals surface area contributed by atoms with E-state index in [9.17, 15) is 9.90 Å². The highest BCUT2D eigenvalue weighted by atomic mass is 16.3. The third-order valence-electron chi connectivity index (χ3n) is 8.18. The van der Waals surface area contributed by atoms with E-state index < -0.39 is 0 Å². The molecule has 4 heteroatoms.